The molecule has 0 unspecified atom stereocenters. The number of hydrogen-bond acceptors (Lipinski definition) is 2. The molecule has 19 heavy (non-hydrogen) atoms. The first-order chi connectivity index (χ1) is 9.25. The quantitative estimate of drug-likeness (QED) is 0.663. The zero-order chi connectivity index (χ0) is 13.2. The van der Waals surface area contributed by atoms with Crippen LogP contribution in [0.1, 0.15) is 15.9 Å². The number of halogens is 1. The first-order valence-electron chi connectivity index (χ1n) is 5.90. The number of ketones is 1. The van der Waals surface area contributed by atoms with Gasteiger partial charge in [0.2, 0.25) is 0 Å². The van der Waals surface area contributed by atoms with Crippen LogP contribution in [-0.2, 0) is 0 Å². The standard InChI is InChI=1S/C16H10BrNO/c17-14-10-13(9-12-7-4-8-18-15(12)14)16(19)11-5-2-1-3-6-11/h1-10H. The van der Waals surface area contributed by atoms with Crippen LogP contribution >= 0.6 is 15.9 Å². The van der Waals surface area contributed by atoms with Crippen LogP contribution in [0.4, 0.5) is 0 Å². The molecular formula is C16H10BrNO. The van der Waals surface area contributed by atoms with Gasteiger partial charge in [-0.15, -0.1) is 0 Å². The molecule has 0 aliphatic heterocycles. The predicted molar refractivity (Wildman–Crippen MR) is 79.3 cm³/mol. The molecule has 92 valence electrons. The zero-order valence-electron chi connectivity index (χ0n) is 10.0. The highest BCUT2D eigenvalue weighted by atomic mass is 79.9. The molecule has 0 amide bonds. The summed E-state index contributed by atoms with van der Waals surface area (Å²) in [6.45, 7) is 0. The first kappa shape index (κ1) is 12.1. The van der Waals surface area contributed by atoms with Crippen LogP contribution < -0.4 is 0 Å². The summed E-state index contributed by atoms with van der Waals surface area (Å²) in [7, 11) is 0. The summed E-state index contributed by atoms with van der Waals surface area (Å²) in [5.41, 5.74) is 2.23. The lowest BCUT2D eigenvalue weighted by atomic mass is 10.0. The molecule has 3 heteroatoms. The molecular weight excluding hydrogens is 302 g/mol. The van der Waals surface area contributed by atoms with E-state index < -0.39 is 0 Å². The number of rotatable bonds is 2. The van der Waals surface area contributed by atoms with Gasteiger partial charge in [-0.3, -0.25) is 9.78 Å². The summed E-state index contributed by atoms with van der Waals surface area (Å²) in [4.78, 5) is 16.7. The fourth-order valence-corrected chi connectivity index (χ4v) is 2.61. The summed E-state index contributed by atoms with van der Waals surface area (Å²) in [6.07, 6.45) is 1.74. The number of hydrogen-bond donors (Lipinski definition) is 0. The molecule has 2 nitrogen and oxygen atoms in total. The normalized spacial score (nSPS) is 10.6. The fourth-order valence-electron chi connectivity index (χ4n) is 2.04. The van der Waals surface area contributed by atoms with E-state index in [2.05, 4.69) is 20.9 Å². The molecule has 0 radical (unpaired) electrons. The molecule has 1 aromatic heterocycles. The molecule has 0 aliphatic rings. The minimum Gasteiger partial charge on any atom is -0.289 e. The van der Waals surface area contributed by atoms with E-state index in [4.69, 9.17) is 0 Å². The summed E-state index contributed by atoms with van der Waals surface area (Å²) >= 11 is 3.47. The van der Waals surface area contributed by atoms with Gasteiger partial charge in [0.25, 0.3) is 0 Å². The second-order valence-electron chi connectivity index (χ2n) is 4.23. The molecule has 3 rings (SSSR count). The van der Waals surface area contributed by atoms with Crippen molar-refractivity contribution < 1.29 is 4.79 Å². The van der Waals surface area contributed by atoms with Gasteiger partial charge in [-0.25, -0.2) is 0 Å². The third-order valence-corrected chi connectivity index (χ3v) is 3.56. The third kappa shape index (κ3) is 2.29. The van der Waals surface area contributed by atoms with Gasteiger partial charge in [0.15, 0.2) is 5.78 Å². The molecule has 1 heterocycles. The third-order valence-electron chi connectivity index (χ3n) is 2.96. The number of carbonyl (C=O) groups excluding carboxylic acids is 1. The van der Waals surface area contributed by atoms with Crippen molar-refractivity contribution in [1.82, 2.24) is 4.98 Å². The van der Waals surface area contributed by atoms with Crippen LogP contribution in [0.5, 0.6) is 0 Å². The second-order valence-corrected chi connectivity index (χ2v) is 5.08. The number of carbonyl (C=O) groups is 1. The van der Waals surface area contributed by atoms with Gasteiger partial charge in [0.05, 0.1) is 5.52 Å². The summed E-state index contributed by atoms with van der Waals surface area (Å²) in [5.74, 6) is 0.0204. The smallest absolute Gasteiger partial charge is 0.193 e. The van der Waals surface area contributed by atoms with Gasteiger partial charge in [-0.1, -0.05) is 36.4 Å². The maximum Gasteiger partial charge on any atom is 0.193 e. The molecule has 0 N–H and O–H groups in total. The Labute approximate surface area is 119 Å². The van der Waals surface area contributed by atoms with Gasteiger partial charge in [0, 0.05) is 27.2 Å². The van der Waals surface area contributed by atoms with E-state index in [0.717, 1.165) is 15.4 Å². The largest absolute Gasteiger partial charge is 0.289 e. The number of nitrogens with zero attached hydrogens (tertiary/aromatic N) is 1. The van der Waals surface area contributed by atoms with Gasteiger partial charge in [0.1, 0.15) is 0 Å². The van der Waals surface area contributed by atoms with E-state index in [1.807, 2.05) is 54.6 Å². The van der Waals surface area contributed by atoms with Crippen molar-refractivity contribution in [3.8, 4) is 0 Å². The Bertz CT molecular complexity index is 753. The van der Waals surface area contributed by atoms with Crippen LogP contribution in [0.2, 0.25) is 0 Å². The summed E-state index contributed by atoms with van der Waals surface area (Å²) in [6, 6.07) is 16.8. The molecule has 0 bridgehead atoms. The Kier molecular flexibility index (Phi) is 3.13. The van der Waals surface area contributed by atoms with Gasteiger partial charge in [-0.2, -0.15) is 0 Å². The Morgan fingerprint density at radius 3 is 2.53 bits per heavy atom. The van der Waals surface area contributed by atoms with Crippen molar-refractivity contribution in [2.45, 2.75) is 0 Å². The molecule has 0 saturated heterocycles. The van der Waals surface area contributed by atoms with Crippen molar-refractivity contribution in [2.24, 2.45) is 0 Å². The minimum absolute atomic E-state index is 0.0204. The lowest BCUT2D eigenvalue weighted by Crippen LogP contribution is -2.01. The average Bonchev–Trinajstić information content (AvgIpc) is 2.47. The number of benzene rings is 2. The highest BCUT2D eigenvalue weighted by Gasteiger charge is 2.11. The van der Waals surface area contributed by atoms with Crippen LogP contribution in [0.15, 0.2) is 65.3 Å². The molecule has 0 fully saturated rings. The van der Waals surface area contributed by atoms with Crippen molar-refractivity contribution in [3.05, 3.63) is 76.4 Å². The van der Waals surface area contributed by atoms with Crippen LogP contribution in [0, 0.1) is 0 Å². The van der Waals surface area contributed by atoms with E-state index in [1.54, 1.807) is 6.20 Å². The minimum atomic E-state index is 0.0204. The highest BCUT2D eigenvalue weighted by molar-refractivity contribution is 9.10. The topological polar surface area (TPSA) is 30.0 Å². The molecule has 0 atom stereocenters. The van der Waals surface area contributed by atoms with Gasteiger partial charge >= 0.3 is 0 Å². The molecule has 0 saturated carbocycles. The fraction of sp³-hybridized carbons (Fsp3) is 0. The van der Waals surface area contributed by atoms with E-state index in [9.17, 15) is 4.79 Å². The molecule has 0 spiro atoms. The van der Waals surface area contributed by atoms with E-state index in [1.165, 1.54) is 0 Å². The first-order valence-corrected chi connectivity index (χ1v) is 6.69. The zero-order valence-corrected chi connectivity index (χ0v) is 11.6. The number of pyridine rings is 1. The maximum atomic E-state index is 12.4. The lowest BCUT2D eigenvalue weighted by molar-refractivity contribution is 0.103. The maximum absolute atomic E-state index is 12.4. The van der Waals surface area contributed by atoms with Crippen molar-refractivity contribution in [3.63, 3.8) is 0 Å². The van der Waals surface area contributed by atoms with E-state index in [-0.39, 0.29) is 5.78 Å². The van der Waals surface area contributed by atoms with Crippen LogP contribution in [-0.4, -0.2) is 10.8 Å². The molecule has 2 aromatic carbocycles. The van der Waals surface area contributed by atoms with Crippen molar-refractivity contribution >= 4 is 32.6 Å². The van der Waals surface area contributed by atoms with Crippen LogP contribution in [0.3, 0.4) is 0 Å². The van der Waals surface area contributed by atoms with Crippen LogP contribution in [0.25, 0.3) is 10.9 Å². The average molecular weight is 312 g/mol. The van der Waals surface area contributed by atoms with E-state index >= 15 is 0 Å². The lowest BCUT2D eigenvalue weighted by Gasteiger charge is -2.05. The van der Waals surface area contributed by atoms with Crippen molar-refractivity contribution in [1.29, 1.82) is 0 Å². The summed E-state index contributed by atoms with van der Waals surface area (Å²) in [5, 5.41) is 0.955. The number of aromatic nitrogens is 1. The Hall–Kier alpha value is -2.00. The second kappa shape index (κ2) is 4.94. The number of fused-ring (bicyclic) bond motifs is 1. The molecule has 3 aromatic rings. The SMILES string of the molecule is O=C(c1ccccc1)c1cc(Br)c2ncccc2c1. The Morgan fingerprint density at radius 1 is 0.947 bits per heavy atom. The summed E-state index contributed by atoms with van der Waals surface area (Å²) < 4.78 is 0.838. The van der Waals surface area contributed by atoms with Gasteiger partial charge in [-0.05, 0) is 34.1 Å². The monoisotopic (exact) mass is 311 g/mol. The van der Waals surface area contributed by atoms with E-state index in [0.29, 0.717) is 11.1 Å². The predicted octanol–water partition coefficient (Wildman–Crippen LogP) is 4.23. The Morgan fingerprint density at radius 2 is 1.74 bits per heavy atom. The highest BCUT2D eigenvalue weighted by Crippen LogP contribution is 2.25. The Balaban J connectivity index is 2.14. The van der Waals surface area contributed by atoms with Crippen molar-refractivity contribution in [2.75, 3.05) is 0 Å². The molecule has 0 aliphatic carbocycles. The van der Waals surface area contributed by atoms with Gasteiger partial charge < -0.3 is 0 Å².